The third kappa shape index (κ3) is 4.43. The Kier molecular flexibility index (Phi) is 5.67. The van der Waals surface area contributed by atoms with Crippen LogP contribution in [0.4, 0.5) is 5.69 Å². The molecule has 0 spiro atoms. The third-order valence-electron chi connectivity index (χ3n) is 5.33. The van der Waals surface area contributed by atoms with Gasteiger partial charge in [-0.05, 0) is 33.8 Å². The Bertz CT molecular complexity index is 631. The van der Waals surface area contributed by atoms with Crippen molar-refractivity contribution in [1.82, 2.24) is 9.88 Å². The van der Waals surface area contributed by atoms with Crippen molar-refractivity contribution in [2.45, 2.75) is 45.3 Å². The van der Waals surface area contributed by atoms with E-state index in [0.717, 1.165) is 38.3 Å². The average Bonchev–Trinajstić information content (AvgIpc) is 2.82. The number of carbonyl (C=O) groups excluding carboxylic acids is 1. The first-order chi connectivity index (χ1) is 12.3. The molecule has 0 aliphatic carbocycles. The Labute approximate surface area is 155 Å². The molecule has 0 saturated carbocycles. The van der Waals surface area contributed by atoms with Gasteiger partial charge in [0.1, 0.15) is 0 Å². The first-order valence-corrected chi connectivity index (χ1v) is 9.17. The summed E-state index contributed by atoms with van der Waals surface area (Å²) < 4.78 is 17.4. The normalized spacial score (nSPS) is 22.4. The summed E-state index contributed by atoms with van der Waals surface area (Å²) in [6, 6.07) is 1.86. The highest BCUT2D eigenvalue weighted by Crippen LogP contribution is 2.36. The summed E-state index contributed by atoms with van der Waals surface area (Å²) in [7, 11) is -0.488. The van der Waals surface area contributed by atoms with Crippen molar-refractivity contribution in [2.75, 3.05) is 38.2 Å². The van der Waals surface area contributed by atoms with Crippen LogP contribution < -0.4 is 10.8 Å². The molecule has 2 aliphatic rings. The predicted molar refractivity (Wildman–Crippen MR) is 100 cm³/mol. The molecule has 142 valence electrons. The first-order valence-electron chi connectivity index (χ1n) is 9.17. The maximum atomic E-state index is 12.2. The minimum absolute atomic E-state index is 0.0237. The minimum atomic E-state index is -0.488. The predicted octanol–water partition coefficient (Wildman–Crippen LogP) is 1.04. The molecule has 0 unspecified atom stereocenters. The topological polar surface area (TPSA) is 72.9 Å². The van der Waals surface area contributed by atoms with Gasteiger partial charge < -0.3 is 19.4 Å². The number of anilines is 1. The zero-order chi connectivity index (χ0) is 18.8. The van der Waals surface area contributed by atoms with Gasteiger partial charge in [0, 0.05) is 37.7 Å². The van der Waals surface area contributed by atoms with Crippen LogP contribution in [0.3, 0.4) is 0 Å². The minimum Gasteiger partial charge on any atom is -0.399 e. The third-order valence-corrected chi connectivity index (χ3v) is 5.33. The van der Waals surface area contributed by atoms with E-state index in [2.05, 4.69) is 15.2 Å². The summed E-state index contributed by atoms with van der Waals surface area (Å²) in [5.74, 6) is -0.0237. The Morgan fingerprint density at radius 3 is 2.50 bits per heavy atom. The Morgan fingerprint density at radius 2 is 1.85 bits per heavy atom. The molecule has 7 nitrogen and oxygen atoms in total. The molecule has 0 bridgehead atoms. The molecule has 0 atom stereocenters. The van der Waals surface area contributed by atoms with Crippen LogP contribution in [0.15, 0.2) is 18.5 Å². The molecular formula is C18H28BN3O4. The highest BCUT2D eigenvalue weighted by Gasteiger charge is 2.51. The monoisotopic (exact) mass is 361 g/mol. The lowest BCUT2D eigenvalue weighted by atomic mass is 9.80. The number of amides is 1. The number of rotatable bonds is 5. The van der Waals surface area contributed by atoms with E-state index in [1.807, 2.05) is 33.8 Å². The van der Waals surface area contributed by atoms with E-state index in [1.54, 1.807) is 12.4 Å². The number of morpholine rings is 1. The van der Waals surface area contributed by atoms with Gasteiger partial charge in [0.15, 0.2) is 0 Å². The van der Waals surface area contributed by atoms with Gasteiger partial charge in [-0.2, -0.15) is 0 Å². The zero-order valence-corrected chi connectivity index (χ0v) is 16.1. The number of hydrogen-bond donors (Lipinski definition) is 1. The fraction of sp³-hybridized carbons (Fsp3) is 0.667. The summed E-state index contributed by atoms with van der Waals surface area (Å²) in [5.41, 5.74) is 0.642. The molecule has 3 rings (SSSR count). The molecular weight excluding hydrogens is 333 g/mol. The second-order valence-corrected chi connectivity index (χ2v) is 7.85. The molecule has 26 heavy (non-hydrogen) atoms. The van der Waals surface area contributed by atoms with Crippen molar-refractivity contribution in [2.24, 2.45) is 0 Å². The number of nitrogens with zero attached hydrogens (tertiary/aromatic N) is 2. The Morgan fingerprint density at radius 1 is 1.19 bits per heavy atom. The number of nitrogens with one attached hydrogen (secondary N) is 1. The maximum Gasteiger partial charge on any atom is 0.496 e. The fourth-order valence-corrected chi connectivity index (χ4v) is 2.94. The van der Waals surface area contributed by atoms with Crippen LogP contribution in [-0.2, 0) is 18.8 Å². The van der Waals surface area contributed by atoms with Crippen molar-refractivity contribution < 1.29 is 18.8 Å². The lowest BCUT2D eigenvalue weighted by Crippen LogP contribution is -2.41. The van der Waals surface area contributed by atoms with Crippen molar-refractivity contribution >= 4 is 24.2 Å². The quantitative estimate of drug-likeness (QED) is 0.791. The van der Waals surface area contributed by atoms with E-state index in [1.165, 1.54) is 0 Å². The van der Waals surface area contributed by atoms with Crippen LogP contribution in [0.2, 0.25) is 0 Å². The molecule has 1 aromatic heterocycles. The largest absolute Gasteiger partial charge is 0.496 e. The van der Waals surface area contributed by atoms with Crippen LogP contribution in [0.5, 0.6) is 0 Å². The molecule has 1 aromatic rings. The van der Waals surface area contributed by atoms with Gasteiger partial charge in [0.2, 0.25) is 5.91 Å². The second-order valence-electron chi connectivity index (χ2n) is 7.85. The maximum absolute atomic E-state index is 12.2. The van der Waals surface area contributed by atoms with Crippen LogP contribution in [0.1, 0.15) is 34.1 Å². The van der Waals surface area contributed by atoms with Gasteiger partial charge in [0.05, 0.1) is 36.3 Å². The van der Waals surface area contributed by atoms with Gasteiger partial charge in [-0.1, -0.05) is 0 Å². The van der Waals surface area contributed by atoms with Crippen LogP contribution >= 0.6 is 0 Å². The van der Waals surface area contributed by atoms with E-state index >= 15 is 0 Å². The van der Waals surface area contributed by atoms with Crippen LogP contribution in [0, 0.1) is 0 Å². The Hall–Kier alpha value is -1.48. The summed E-state index contributed by atoms with van der Waals surface area (Å²) in [5, 5.41) is 2.92. The second kappa shape index (κ2) is 7.64. The summed E-state index contributed by atoms with van der Waals surface area (Å²) in [6.07, 6.45) is 3.80. The van der Waals surface area contributed by atoms with Gasteiger partial charge in [0.25, 0.3) is 0 Å². The molecule has 2 aliphatic heterocycles. The molecule has 8 heteroatoms. The van der Waals surface area contributed by atoms with Gasteiger partial charge >= 0.3 is 7.12 Å². The van der Waals surface area contributed by atoms with Gasteiger partial charge in [-0.25, -0.2) is 0 Å². The van der Waals surface area contributed by atoms with Gasteiger partial charge in [-0.15, -0.1) is 0 Å². The molecule has 0 aromatic carbocycles. The Balaban J connectivity index is 1.56. The lowest BCUT2D eigenvalue weighted by molar-refractivity contribution is -0.116. The number of hydrogen-bond acceptors (Lipinski definition) is 6. The summed E-state index contributed by atoms with van der Waals surface area (Å²) in [6.45, 7) is 12.0. The van der Waals surface area contributed by atoms with Crippen molar-refractivity contribution in [3.8, 4) is 0 Å². The van der Waals surface area contributed by atoms with Crippen LogP contribution in [-0.4, -0.2) is 67.0 Å². The number of ether oxygens (including phenoxy) is 1. The zero-order valence-electron chi connectivity index (χ0n) is 16.1. The highest BCUT2D eigenvalue weighted by atomic mass is 16.7. The molecule has 1 N–H and O–H groups in total. The first kappa shape index (κ1) is 19.3. The molecule has 2 fully saturated rings. The van der Waals surface area contributed by atoms with E-state index < -0.39 is 18.3 Å². The summed E-state index contributed by atoms with van der Waals surface area (Å²) in [4.78, 5) is 18.7. The summed E-state index contributed by atoms with van der Waals surface area (Å²) >= 11 is 0. The number of aromatic nitrogens is 1. The molecule has 1 amide bonds. The highest BCUT2D eigenvalue weighted by molar-refractivity contribution is 6.62. The fourth-order valence-electron chi connectivity index (χ4n) is 2.94. The average molecular weight is 361 g/mol. The lowest BCUT2D eigenvalue weighted by Gasteiger charge is -2.32. The SMILES string of the molecule is CC1(C)OB(c2cncc(NC(=O)CCN3CCOCC3)c2)OC1(C)C. The van der Waals surface area contributed by atoms with Crippen LogP contribution in [0.25, 0.3) is 0 Å². The van der Waals surface area contributed by atoms with E-state index in [4.69, 9.17) is 14.0 Å². The van der Waals surface area contributed by atoms with Crippen molar-refractivity contribution in [3.63, 3.8) is 0 Å². The molecule has 0 radical (unpaired) electrons. The number of pyridine rings is 1. The van der Waals surface area contributed by atoms with Crippen molar-refractivity contribution in [3.05, 3.63) is 18.5 Å². The van der Waals surface area contributed by atoms with Crippen molar-refractivity contribution in [1.29, 1.82) is 0 Å². The smallest absolute Gasteiger partial charge is 0.399 e. The number of carbonyl (C=O) groups is 1. The standard InChI is InChI=1S/C18H28BN3O4/c1-17(2)18(3,4)26-19(25-17)14-11-15(13-20-12-14)21-16(23)5-6-22-7-9-24-10-8-22/h11-13H,5-10H2,1-4H3,(H,21,23). The van der Waals surface area contributed by atoms with E-state index in [9.17, 15) is 4.79 Å². The van der Waals surface area contributed by atoms with E-state index in [-0.39, 0.29) is 5.91 Å². The molecule has 3 heterocycles. The van der Waals surface area contributed by atoms with Gasteiger partial charge in [-0.3, -0.25) is 14.7 Å². The van der Waals surface area contributed by atoms with E-state index in [0.29, 0.717) is 12.1 Å². The molecule has 2 saturated heterocycles.